The average molecular weight is 266 g/mol. The Labute approximate surface area is 110 Å². The molecule has 0 unspecified atom stereocenters. The summed E-state index contributed by atoms with van der Waals surface area (Å²) in [7, 11) is -0.631. The van der Waals surface area contributed by atoms with Crippen LogP contribution in [-0.4, -0.2) is 59.8 Å². The topological polar surface area (TPSA) is 88.4 Å². The van der Waals surface area contributed by atoms with E-state index in [-0.39, 0.29) is 6.61 Å². The quantitative estimate of drug-likeness (QED) is 0.549. The Morgan fingerprint density at radius 2 is 1.74 bits per heavy atom. The first-order chi connectivity index (χ1) is 9.20. The lowest BCUT2D eigenvalue weighted by molar-refractivity contribution is -0.264. The third-order valence-electron chi connectivity index (χ3n) is 3.45. The van der Waals surface area contributed by atoms with Gasteiger partial charge in [-0.2, -0.15) is 0 Å². The smallest absolute Gasteiger partial charge is 0.399 e. The Hall–Kier alpha value is -0.955. The zero-order valence-electron chi connectivity index (χ0n) is 10.1. The molecule has 0 aromatic heterocycles. The van der Waals surface area contributed by atoms with Gasteiger partial charge >= 0.3 is 7.12 Å². The highest BCUT2D eigenvalue weighted by molar-refractivity contribution is 6.61. The highest BCUT2D eigenvalue weighted by atomic mass is 16.7. The molecule has 2 heterocycles. The number of hydrogen-bond donors (Lipinski definition) is 3. The monoisotopic (exact) mass is 266 g/mol. The minimum Gasteiger partial charge on any atom is -0.399 e. The highest BCUT2D eigenvalue weighted by Crippen LogP contribution is 2.30. The first-order valence-electron chi connectivity index (χ1n) is 6.19. The fourth-order valence-corrected chi connectivity index (χ4v) is 2.46. The van der Waals surface area contributed by atoms with Crippen molar-refractivity contribution in [3.63, 3.8) is 0 Å². The van der Waals surface area contributed by atoms with E-state index in [2.05, 4.69) is 0 Å². The van der Waals surface area contributed by atoms with Crippen molar-refractivity contribution in [2.45, 2.75) is 30.7 Å². The van der Waals surface area contributed by atoms with Gasteiger partial charge < -0.3 is 29.4 Å². The van der Waals surface area contributed by atoms with Crippen LogP contribution in [-0.2, 0) is 14.0 Å². The summed E-state index contributed by atoms with van der Waals surface area (Å²) in [4.78, 5) is 0. The van der Waals surface area contributed by atoms with Gasteiger partial charge in [0.15, 0.2) is 6.29 Å². The van der Waals surface area contributed by atoms with Crippen molar-refractivity contribution in [3.8, 4) is 0 Å². The lowest BCUT2D eigenvalue weighted by Crippen LogP contribution is -2.57. The molecular formula is C12H15BO6. The molecule has 102 valence electrons. The second-order valence-electron chi connectivity index (χ2n) is 4.68. The number of aliphatic hydroxyl groups is 3. The van der Waals surface area contributed by atoms with Gasteiger partial charge in [0.2, 0.25) is 0 Å². The number of aliphatic hydroxyl groups excluding tert-OH is 3. The summed E-state index contributed by atoms with van der Waals surface area (Å²) in [6, 6.07) is 9.29. The van der Waals surface area contributed by atoms with Crippen LogP contribution < -0.4 is 5.46 Å². The third-order valence-corrected chi connectivity index (χ3v) is 3.45. The van der Waals surface area contributed by atoms with Gasteiger partial charge in [-0.05, 0) is 5.46 Å². The molecule has 3 N–H and O–H groups in total. The molecule has 0 spiro atoms. The average Bonchev–Trinajstić information content (AvgIpc) is 2.89. The van der Waals surface area contributed by atoms with Crippen LogP contribution >= 0.6 is 0 Å². The summed E-state index contributed by atoms with van der Waals surface area (Å²) < 4.78 is 16.4. The fourth-order valence-electron chi connectivity index (χ4n) is 2.46. The van der Waals surface area contributed by atoms with Gasteiger partial charge in [0.25, 0.3) is 0 Å². The molecule has 0 radical (unpaired) electrons. The van der Waals surface area contributed by atoms with Gasteiger partial charge in [-0.3, -0.25) is 0 Å². The highest BCUT2D eigenvalue weighted by Gasteiger charge is 2.53. The Morgan fingerprint density at radius 3 is 2.42 bits per heavy atom. The zero-order valence-corrected chi connectivity index (χ0v) is 10.1. The van der Waals surface area contributed by atoms with Crippen LogP contribution in [0.15, 0.2) is 30.3 Å². The normalized spacial score (nSPS) is 38.3. The summed E-state index contributed by atoms with van der Waals surface area (Å²) in [5.74, 6) is 0. The predicted molar refractivity (Wildman–Crippen MR) is 65.5 cm³/mol. The Balaban J connectivity index is 1.81. The molecule has 2 aliphatic heterocycles. The second kappa shape index (κ2) is 5.20. The van der Waals surface area contributed by atoms with Gasteiger partial charge in [0, 0.05) is 0 Å². The number of benzene rings is 1. The summed E-state index contributed by atoms with van der Waals surface area (Å²) in [5.41, 5.74) is 0.815. The second-order valence-corrected chi connectivity index (χ2v) is 4.68. The molecule has 0 saturated carbocycles. The summed E-state index contributed by atoms with van der Waals surface area (Å²) in [6.07, 6.45) is -4.60. The molecular weight excluding hydrogens is 251 g/mol. The van der Waals surface area contributed by atoms with Crippen molar-refractivity contribution >= 4 is 12.6 Å². The van der Waals surface area contributed by atoms with Crippen LogP contribution in [0.3, 0.4) is 0 Å². The molecule has 3 rings (SSSR count). The van der Waals surface area contributed by atoms with Crippen molar-refractivity contribution in [1.29, 1.82) is 0 Å². The van der Waals surface area contributed by atoms with Gasteiger partial charge in [-0.25, -0.2) is 0 Å². The van der Waals surface area contributed by atoms with Gasteiger partial charge in [0.1, 0.15) is 18.3 Å². The SMILES string of the molecule is OC[C@H]1O[C@H](O)[C@H](O)[C@H]2OB(c3ccccc3)O[C@H]21. The lowest BCUT2D eigenvalue weighted by atomic mass is 9.79. The zero-order chi connectivity index (χ0) is 13.4. The van der Waals surface area contributed by atoms with Crippen molar-refractivity contribution in [2.75, 3.05) is 6.61 Å². The first-order valence-corrected chi connectivity index (χ1v) is 6.19. The van der Waals surface area contributed by atoms with Crippen molar-refractivity contribution in [2.24, 2.45) is 0 Å². The predicted octanol–water partition coefficient (Wildman–Crippen LogP) is -1.76. The van der Waals surface area contributed by atoms with Crippen LogP contribution in [0, 0.1) is 0 Å². The minimum absolute atomic E-state index is 0.310. The molecule has 19 heavy (non-hydrogen) atoms. The molecule has 5 atom stereocenters. The van der Waals surface area contributed by atoms with Crippen LogP contribution in [0.4, 0.5) is 0 Å². The molecule has 2 saturated heterocycles. The van der Waals surface area contributed by atoms with E-state index < -0.39 is 37.8 Å². The molecule has 2 aliphatic rings. The molecule has 2 fully saturated rings. The Bertz CT molecular complexity index is 423. The van der Waals surface area contributed by atoms with Crippen molar-refractivity contribution in [1.82, 2.24) is 0 Å². The van der Waals surface area contributed by atoms with E-state index >= 15 is 0 Å². The van der Waals surface area contributed by atoms with Crippen LogP contribution in [0.25, 0.3) is 0 Å². The van der Waals surface area contributed by atoms with E-state index in [1.165, 1.54) is 0 Å². The Morgan fingerprint density at radius 1 is 1.05 bits per heavy atom. The standard InChI is InChI=1S/C12H15BO6/c14-6-8-10-11(9(15)12(16)17-8)19-13(18-10)7-4-2-1-3-5-7/h1-5,8-12,14-16H,6H2/t8-,9-,10+,11-,12+/m1/s1. The van der Waals surface area contributed by atoms with E-state index in [4.69, 9.17) is 14.0 Å². The summed E-state index contributed by atoms with van der Waals surface area (Å²) in [6.45, 7) is -0.310. The van der Waals surface area contributed by atoms with E-state index in [9.17, 15) is 15.3 Å². The van der Waals surface area contributed by atoms with E-state index in [1.807, 2.05) is 30.3 Å². The van der Waals surface area contributed by atoms with E-state index in [1.54, 1.807) is 0 Å². The van der Waals surface area contributed by atoms with Gasteiger partial charge in [0.05, 0.1) is 12.7 Å². The lowest BCUT2D eigenvalue weighted by Gasteiger charge is -2.37. The molecule has 0 amide bonds. The number of ether oxygens (including phenoxy) is 1. The van der Waals surface area contributed by atoms with Crippen molar-refractivity contribution in [3.05, 3.63) is 30.3 Å². The maximum Gasteiger partial charge on any atom is 0.494 e. The summed E-state index contributed by atoms with van der Waals surface area (Å²) >= 11 is 0. The van der Waals surface area contributed by atoms with Crippen molar-refractivity contribution < 1.29 is 29.4 Å². The number of rotatable bonds is 2. The molecule has 6 nitrogen and oxygen atoms in total. The minimum atomic E-state index is -1.38. The maximum atomic E-state index is 9.86. The van der Waals surface area contributed by atoms with Crippen LogP contribution in [0.2, 0.25) is 0 Å². The largest absolute Gasteiger partial charge is 0.494 e. The molecule has 0 bridgehead atoms. The van der Waals surface area contributed by atoms with Gasteiger partial charge in [-0.1, -0.05) is 30.3 Å². The Kier molecular flexibility index (Phi) is 3.57. The molecule has 1 aromatic carbocycles. The maximum absolute atomic E-state index is 9.86. The number of hydrogen-bond acceptors (Lipinski definition) is 6. The third kappa shape index (κ3) is 2.29. The van der Waals surface area contributed by atoms with E-state index in [0.717, 1.165) is 5.46 Å². The van der Waals surface area contributed by atoms with Crippen LogP contribution in [0.5, 0.6) is 0 Å². The molecule has 0 aliphatic carbocycles. The molecule has 1 aromatic rings. The fraction of sp³-hybridized carbons (Fsp3) is 0.500. The molecule has 7 heteroatoms. The number of fused-ring (bicyclic) bond motifs is 1. The summed E-state index contributed by atoms with van der Waals surface area (Å²) in [5, 5.41) is 28.7. The van der Waals surface area contributed by atoms with E-state index in [0.29, 0.717) is 0 Å². The van der Waals surface area contributed by atoms with Gasteiger partial charge in [-0.15, -0.1) is 0 Å². The van der Waals surface area contributed by atoms with Crippen LogP contribution in [0.1, 0.15) is 0 Å². The first kappa shape index (κ1) is 13.0.